The van der Waals surface area contributed by atoms with Crippen LogP contribution in [0.25, 0.3) is 0 Å². The summed E-state index contributed by atoms with van der Waals surface area (Å²) in [7, 11) is 1.99. The van der Waals surface area contributed by atoms with Crippen LogP contribution in [0.2, 0.25) is 0 Å². The lowest BCUT2D eigenvalue weighted by atomic mass is 10.2. The van der Waals surface area contributed by atoms with Crippen molar-refractivity contribution >= 4 is 17.6 Å². The van der Waals surface area contributed by atoms with E-state index in [-0.39, 0.29) is 0 Å². The molecule has 0 bridgehead atoms. The third kappa shape index (κ3) is 1.88. The van der Waals surface area contributed by atoms with Gasteiger partial charge in [-0.2, -0.15) is 0 Å². The van der Waals surface area contributed by atoms with Gasteiger partial charge >= 0.3 is 0 Å². The van der Waals surface area contributed by atoms with E-state index in [4.69, 9.17) is 0 Å². The molecular weight excluding hydrogens is 142 g/mol. The van der Waals surface area contributed by atoms with Crippen molar-refractivity contribution in [3.8, 4) is 0 Å². The van der Waals surface area contributed by atoms with Gasteiger partial charge in [-0.25, -0.2) is 4.57 Å². The van der Waals surface area contributed by atoms with Crippen molar-refractivity contribution in [2.75, 3.05) is 0 Å². The molecule has 0 aliphatic carbocycles. The van der Waals surface area contributed by atoms with Crippen molar-refractivity contribution < 1.29 is 4.57 Å². The maximum absolute atomic E-state index is 4.61. The number of aryl methyl sites for hydroxylation is 1. The molecule has 0 N–H and O–H groups in total. The fraction of sp³-hybridized carbons (Fsp3) is 0.250. The van der Waals surface area contributed by atoms with Crippen LogP contribution in [0.5, 0.6) is 0 Å². The van der Waals surface area contributed by atoms with Gasteiger partial charge in [0.05, 0.1) is 0 Å². The Morgan fingerprint density at radius 2 is 2.10 bits per heavy atom. The van der Waals surface area contributed by atoms with Crippen LogP contribution in [0.3, 0.4) is 0 Å². The summed E-state index contributed by atoms with van der Waals surface area (Å²) in [6.07, 6.45) is 4.76. The van der Waals surface area contributed by atoms with E-state index in [0.29, 0.717) is 0 Å². The van der Waals surface area contributed by atoms with E-state index in [9.17, 15) is 0 Å². The number of rotatable bonds is 2. The summed E-state index contributed by atoms with van der Waals surface area (Å²) in [6, 6.07) is 4.08. The average Bonchev–Trinajstić information content (AvgIpc) is 1.95. The molecule has 0 aliphatic heterocycles. The van der Waals surface area contributed by atoms with Gasteiger partial charge in [0.15, 0.2) is 12.4 Å². The normalized spacial score (nSPS) is 9.30. The molecule has 51 valence electrons. The number of pyridine rings is 1. The molecule has 1 heterocycles. The maximum atomic E-state index is 4.61. The zero-order valence-electron chi connectivity index (χ0n) is 5.87. The van der Waals surface area contributed by atoms with Crippen molar-refractivity contribution in [3.05, 3.63) is 30.1 Å². The molecule has 1 nitrogen and oxygen atoms in total. The minimum Gasteiger partial charge on any atom is -0.208 e. The van der Waals surface area contributed by atoms with Crippen molar-refractivity contribution in [1.29, 1.82) is 0 Å². The second-order valence-corrected chi connectivity index (χ2v) is 2.48. The Kier molecular flexibility index (Phi) is 2.51. The first-order valence-corrected chi connectivity index (χ1v) is 3.53. The molecule has 0 fully saturated rings. The highest BCUT2D eigenvalue weighted by atomic mass is 32.1. The molecule has 10 heavy (non-hydrogen) atoms. The predicted octanol–water partition coefficient (Wildman–Crippen LogP) is 0.930. The molecule has 0 unspecified atom stereocenters. The van der Waals surface area contributed by atoms with Crippen LogP contribution in [0, 0.1) is 0 Å². The monoisotopic (exact) mass is 151 g/mol. The van der Waals surface area contributed by atoms with Gasteiger partial charge in [0.2, 0.25) is 0 Å². The Morgan fingerprint density at radius 3 is 2.60 bits per heavy atom. The van der Waals surface area contributed by atoms with Crippen LogP contribution >= 0.6 is 12.2 Å². The Labute approximate surface area is 66.3 Å². The van der Waals surface area contributed by atoms with Crippen molar-refractivity contribution in [2.24, 2.45) is 7.05 Å². The smallest absolute Gasteiger partial charge is 0.168 e. The van der Waals surface area contributed by atoms with Gasteiger partial charge in [0.1, 0.15) is 7.05 Å². The van der Waals surface area contributed by atoms with Gasteiger partial charge in [-0.1, -0.05) is 12.2 Å². The lowest BCUT2D eigenvalue weighted by Crippen LogP contribution is -2.25. The minimum atomic E-state index is 0.760. The average molecular weight is 151 g/mol. The quantitative estimate of drug-likeness (QED) is 0.449. The molecule has 0 aromatic carbocycles. The molecule has 0 spiro atoms. The minimum absolute atomic E-state index is 0.760. The van der Waals surface area contributed by atoms with Crippen LogP contribution in [-0.4, -0.2) is 5.37 Å². The third-order valence-electron chi connectivity index (χ3n) is 1.32. The SMILES string of the molecule is C[n+]1ccc(C[C]=S)cc1. The van der Waals surface area contributed by atoms with Crippen molar-refractivity contribution in [1.82, 2.24) is 0 Å². The summed E-state index contributed by atoms with van der Waals surface area (Å²) in [5.74, 6) is 0. The van der Waals surface area contributed by atoms with E-state index in [1.54, 1.807) is 0 Å². The molecule has 0 saturated carbocycles. The van der Waals surface area contributed by atoms with E-state index in [2.05, 4.69) is 17.6 Å². The number of nitrogens with zero attached hydrogens (tertiary/aromatic N) is 1. The van der Waals surface area contributed by atoms with E-state index in [1.807, 2.05) is 36.1 Å². The molecule has 0 aliphatic rings. The van der Waals surface area contributed by atoms with Crippen LogP contribution in [0.4, 0.5) is 0 Å². The Hall–Kier alpha value is -0.760. The largest absolute Gasteiger partial charge is 0.208 e. The fourth-order valence-corrected chi connectivity index (χ4v) is 0.900. The van der Waals surface area contributed by atoms with Crippen LogP contribution in [0.1, 0.15) is 5.56 Å². The van der Waals surface area contributed by atoms with Crippen LogP contribution < -0.4 is 4.57 Å². The van der Waals surface area contributed by atoms with Crippen molar-refractivity contribution in [3.63, 3.8) is 0 Å². The lowest BCUT2D eigenvalue weighted by molar-refractivity contribution is -0.671. The topological polar surface area (TPSA) is 3.88 Å². The zero-order valence-corrected chi connectivity index (χ0v) is 6.69. The van der Waals surface area contributed by atoms with E-state index < -0.39 is 0 Å². The second-order valence-electron chi connectivity index (χ2n) is 2.19. The molecule has 1 aromatic rings. The van der Waals surface area contributed by atoms with Gasteiger partial charge in [0.25, 0.3) is 0 Å². The second kappa shape index (κ2) is 3.42. The van der Waals surface area contributed by atoms with Gasteiger partial charge in [-0.05, 0) is 5.56 Å². The first-order valence-electron chi connectivity index (χ1n) is 3.12. The Bertz CT molecular complexity index is 215. The Balaban J connectivity index is 2.78. The molecule has 1 radical (unpaired) electrons. The maximum Gasteiger partial charge on any atom is 0.168 e. The zero-order chi connectivity index (χ0) is 7.40. The number of hydrogen-bond donors (Lipinski definition) is 0. The summed E-state index contributed by atoms with van der Waals surface area (Å²) in [5.41, 5.74) is 1.22. The van der Waals surface area contributed by atoms with E-state index >= 15 is 0 Å². The van der Waals surface area contributed by atoms with Crippen LogP contribution in [0.15, 0.2) is 24.5 Å². The molecule has 0 saturated heterocycles. The van der Waals surface area contributed by atoms with Gasteiger partial charge < -0.3 is 0 Å². The highest BCUT2D eigenvalue weighted by Gasteiger charge is 1.92. The first-order chi connectivity index (χ1) is 4.83. The van der Waals surface area contributed by atoms with E-state index in [1.165, 1.54) is 5.56 Å². The molecular formula is C8H9NS+. The summed E-state index contributed by atoms with van der Waals surface area (Å²) in [4.78, 5) is 0. The van der Waals surface area contributed by atoms with Crippen molar-refractivity contribution in [2.45, 2.75) is 6.42 Å². The summed E-state index contributed by atoms with van der Waals surface area (Å²) >= 11 is 4.61. The summed E-state index contributed by atoms with van der Waals surface area (Å²) in [6.45, 7) is 0. The summed E-state index contributed by atoms with van der Waals surface area (Å²) < 4.78 is 1.99. The van der Waals surface area contributed by atoms with E-state index in [0.717, 1.165) is 6.42 Å². The number of hydrogen-bond acceptors (Lipinski definition) is 1. The predicted molar refractivity (Wildman–Crippen MR) is 43.9 cm³/mol. The van der Waals surface area contributed by atoms with Gasteiger partial charge in [-0.3, -0.25) is 0 Å². The lowest BCUT2D eigenvalue weighted by Gasteiger charge is -1.90. The highest BCUT2D eigenvalue weighted by molar-refractivity contribution is 7.78. The first kappa shape index (κ1) is 7.35. The Morgan fingerprint density at radius 1 is 1.50 bits per heavy atom. The van der Waals surface area contributed by atoms with Gasteiger partial charge in [0, 0.05) is 23.9 Å². The molecule has 1 rings (SSSR count). The number of aromatic nitrogens is 1. The standard InChI is InChI=1S/C8H9NS/c1-9-5-2-8(3-6-9)4-7-10/h2-3,5-6H,4H2,1H3/q+1. The highest BCUT2D eigenvalue weighted by Crippen LogP contribution is 1.93. The molecule has 0 atom stereocenters. The number of thiocarbonyl (C=S) groups is 1. The van der Waals surface area contributed by atoms with Crippen LogP contribution in [-0.2, 0) is 13.5 Å². The fourth-order valence-electron chi connectivity index (χ4n) is 0.733. The molecule has 2 heteroatoms. The molecule has 1 aromatic heterocycles. The summed E-state index contributed by atoms with van der Waals surface area (Å²) in [5, 5.41) is 2.68. The third-order valence-corrected chi connectivity index (χ3v) is 1.47. The molecule has 0 amide bonds. The van der Waals surface area contributed by atoms with Gasteiger partial charge in [-0.15, -0.1) is 0 Å².